The zero-order chi connectivity index (χ0) is 13.8. The predicted molar refractivity (Wildman–Crippen MR) is 65.0 cm³/mol. The van der Waals surface area contributed by atoms with E-state index in [0.29, 0.717) is 5.56 Å². The number of benzene rings is 1. The monoisotopic (exact) mass is 250 g/mol. The fourth-order valence-corrected chi connectivity index (χ4v) is 1.64. The molecule has 0 aliphatic heterocycles. The van der Waals surface area contributed by atoms with E-state index in [1.165, 1.54) is 6.07 Å². The van der Waals surface area contributed by atoms with Crippen LogP contribution in [-0.2, 0) is 0 Å². The summed E-state index contributed by atoms with van der Waals surface area (Å²) in [5, 5.41) is 23.6. The van der Waals surface area contributed by atoms with Gasteiger partial charge in [0.15, 0.2) is 0 Å². The highest BCUT2D eigenvalue weighted by molar-refractivity contribution is 6.12. The number of nitrogens with one attached hydrogen (secondary N) is 1. The second-order valence-electron chi connectivity index (χ2n) is 3.57. The van der Waals surface area contributed by atoms with Gasteiger partial charge in [-0.05, 0) is 0 Å². The molecular formula is C13H6N4O2. The van der Waals surface area contributed by atoms with Crippen LogP contribution in [0.2, 0.25) is 0 Å². The number of aromatic amines is 1. The third kappa shape index (κ3) is 2.11. The van der Waals surface area contributed by atoms with Crippen molar-refractivity contribution < 1.29 is 4.79 Å². The van der Waals surface area contributed by atoms with Gasteiger partial charge in [-0.25, -0.2) is 5.10 Å². The fourth-order valence-electron chi connectivity index (χ4n) is 1.64. The Bertz CT molecular complexity index is 779. The Balaban J connectivity index is 2.84. The van der Waals surface area contributed by atoms with E-state index in [9.17, 15) is 9.59 Å². The lowest BCUT2D eigenvalue weighted by atomic mass is 10.00. The zero-order valence-corrected chi connectivity index (χ0v) is 9.54. The van der Waals surface area contributed by atoms with Gasteiger partial charge < -0.3 is 0 Å². The number of nitrogens with zero attached hydrogens (tertiary/aromatic N) is 3. The molecule has 2 rings (SSSR count). The van der Waals surface area contributed by atoms with Crippen LogP contribution in [0.1, 0.15) is 15.9 Å². The summed E-state index contributed by atoms with van der Waals surface area (Å²) in [6.07, 6.45) is 0. The first-order chi connectivity index (χ1) is 9.19. The molecule has 2 aromatic rings. The van der Waals surface area contributed by atoms with Gasteiger partial charge in [0.2, 0.25) is 0 Å². The zero-order valence-electron chi connectivity index (χ0n) is 9.54. The second kappa shape index (κ2) is 4.94. The number of hydrogen-bond acceptors (Lipinski definition) is 5. The van der Waals surface area contributed by atoms with Crippen LogP contribution >= 0.6 is 0 Å². The highest BCUT2D eigenvalue weighted by Crippen LogP contribution is 2.21. The molecule has 0 aliphatic carbocycles. The summed E-state index contributed by atoms with van der Waals surface area (Å²) in [5.74, 6) is -0.964. The Morgan fingerprint density at radius 3 is 2.47 bits per heavy atom. The minimum Gasteiger partial charge on any atom is -0.277 e. The number of hydrogen-bond donors (Lipinski definition) is 1. The molecule has 0 aliphatic rings. The van der Waals surface area contributed by atoms with Crippen LogP contribution in [0.5, 0.6) is 0 Å². The summed E-state index contributed by atoms with van der Waals surface area (Å²) in [4.78, 5) is 23.1. The summed E-state index contributed by atoms with van der Waals surface area (Å²) in [5.41, 5.74) is -0.807. The number of ketones is 1. The molecule has 0 amide bonds. The van der Waals surface area contributed by atoms with Crippen molar-refractivity contribution in [2.24, 2.45) is 0 Å². The van der Waals surface area contributed by atoms with Crippen molar-refractivity contribution in [2.45, 2.75) is 0 Å². The van der Waals surface area contributed by atoms with Gasteiger partial charge in [0.05, 0.1) is 5.56 Å². The summed E-state index contributed by atoms with van der Waals surface area (Å²) in [6.45, 7) is 0. The minimum absolute atomic E-state index is 0.114. The number of rotatable bonds is 2. The maximum atomic E-state index is 11.6. The third-order valence-corrected chi connectivity index (χ3v) is 2.47. The van der Waals surface area contributed by atoms with E-state index in [-0.39, 0.29) is 11.3 Å². The molecule has 0 fully saturated rings. The molecular weight excluding hydrogens is 244 g/mol. The fraction of sp³-hybridized carbons (Fsp3) is 0. The van der Waals surface area contributed by atoms with Gasteiger partial charge in [-0.2, -0.15) is 15.6 Å². The van der Waals surface area contributed by atoms with Crippen molar-refractivity contribution in [2.75, 3.05) is 0 Å². The second-order valence-corrected chi connectivity index (χ2v) is 3.57. The Morgan fingerprint density at radius 1 is 1.21 bits per heavy atom. The number of aromatic nitrogens is 2. The van der Waals surface area contributed by atoms with Crippen molar-refractivity contribution in [1.29, 1.82) is 10.5 Å². The van der Waals surface area contributed by atoms with Crippen molar-refractivity contribution >= 4 is 5.78 Å². The molecule has 6 nitrogen and oxygen atoms in total. The molecule has 19 heavy (non-hydrogen) atoms. The van der Waals surface area contributed by atoms with Gasteiger partial charge in [-0.15, -0.1) is 0 Å². The van der Waals surface area contributed by atoms with Crippen LogP contribution in [0, 0.1) is 22.7 Å². The molecule has 1 aromatic heterocycles. The standard InChI is InChI=1S/C13H6N4O2/c14-6-9-11(10(18)7-15)12(16-17-13(9)19)8-4-2-1-3-5-8/h1-5H,(H,17,19). The number of H-pyrrole nitrogens is 1. The average Bonchev–Trinajstić information content (AvgIpc) is 2.47. The predicted octanol–water partition coefficient (Wildman–Crippen LogP) is 1.01. The number of Topliss-reactive ketones (excluding diaryl/α,β-unsaturated/α-hetero) is 1. The van der Waals surface area contributed by atoms with Crippen LogP contribution in [0.3, 0.4) is 0 Å². The first kappa shape index (κ1) is 12.2. The van der Waals surface area contributed by atoms with Crippen molar-refractivity contribution in [3.05, 3.63) is 51.8 Å². The van der Waals surface area contributed by atoms with Crippen LogP contribution < -0.4 is 5.56 Å². The van der Waals surface area contributed by atoms with Crippen LogP contribution in [0.4, 0.5) is 0 Å². The minimum atomic E-state index is -0.964. The number of carbonyl (C=O) groups is 1. The Labute approximate surface area is 107 Å². The largest absolute Gasteiger partial charge is 0.282 e. The van der Waals surface area contributed by atoms with Gasteiger partial charge in [-0.1, -0.05) is 30.3 Å². The Morgan fingerprint density at radius 2 is 1.89 bits per heavy atom. The molecule has 1 aromatic carbocycles. The molecule has 1 heterocycles. The molecule has 6 heteroatoms. The summed E-state index contributed by atoms with van der Waals surface area (Å²) >= 11 is 0. The van der Waals surface area contributed by atoms with E-state index >= 15 is 0 Å². The molecule has 0 spiro atoms. The number of carbonyl (C=O) groups excluding carboxylic acids is 1. The molecule has 0 unspecified atom stereocenters. The lowest BCUT2D eigenvalue weighted by Gasteiger charge is -2.05. The maximum Gasteiger partial charge on any atom is 0.282 e. The maximum absolute atomic E-state index is 11.6. The van der Waals surface area contributed by atoms with Crippen molar-refractivity contribution in [3.63, 3.8) is 0 Å². The lowest BCUT2D eigenvalue weighted by molar-refractivity contribution is 0.105. The summed E-state index contributed by atoms with van der Waals surface area (Å²) in [6, 6.07) is 11.6. The average molecular weight is 250 g/mol. The van der Waals surface area contributed by atoms with Gasteiger partial charge >= 0.3 is 0 Å². The topological polar surface area (TPSA) is 110 Å². The first-order valence-electron chi connectivity index (χ1n) is 5.21. The van der Waals surface area contributed by atoms with E-state index in [2.05, 4.69) is 10.2 Å². The van der Waals surface area contributed by atoms with Gasteiger partial charge in [0.25, 0.3) is 11.3 Å². The number of nitriles is 2. The van der Waals surface area contributed by atoms with Crippen molar-refractivity contribution in [1.82, 2.24) is 10.2 Å². The molecule has 0 atom stereocenters. The molecule has 90 valence electrons. The molecule has 0 radical (unpaired) electrons. The third-order valence-electron chi connectivity index (χ3n) is 2.47. The quantitative estimate of drug-likeness (QED) is 0.631. The van der Waals surface area contributed by atoms with Crippen LogP contribution in [-0.4, -0.2) is 16.0 Å². The van der Waals surface area contributed by atoms with Crippen LogP contribution in [0.25, 0.3) is 11.3 Å². The summed E-state index contributed by atoms with van der Waals surface area (Å²) in [7, 11) is 0. The molecule has 0 bridgehead atoms. The highest BCUT2D eigenvalue weighted by atomic mass is 16.1. The van der Waals surface area contributed by atoms with Gasteiger partial charge in [0.1, 0.15) is 23.4 Å². The van der Waals surface area contributed by atoms with Crippen molar-refractivity contribution in [3.8, 4) is 23.4 Å². The van der Waals surface area contributed by atoms with E-state index in [1.807, 2.05) is 0 Å². The molecule has 1 N–H and O–H groups in total. The van der Waals surface area contributed by atoms with Gasteiger partial charge in [0, 0.05) is 5.56 Å². The van der Waals surface area contributed by atoms with Gasteiger partial charge in [-0.3, -0.25) is 9.59 Å². The highest BCUT2D eigenvalue weighted by Gasteiger charge is 2.21. The summed E-state index contributed by atoms with van der Waals surface area (Å²) < 4.78 is 0. The lowest BCUT2D eigenvalue weighted by Crippen LogP contribution is -2.19. The van der Waals surface area contributed by atoms with E-state index in [0.717, 1.165) is 0 Å². The normalized spacial score (nSPS) is 9.37. The molecule has 0 saturated carbocycles. The van der Waals surface area contributed by atoms with E-state index in [1.54, 1.807) is 36.4 Å². The Hall–Kier alpha value is -3.25. The van der Waals surface area contributed by atoms with E-state index in [4.69, 9.17) is 10.5 Å². The van der Waals surface area contributed by atoms with E-state index < -0.39 is 16.9 Å². The SMILES string of the molecule is N#CC(=O)c1c(-c2ccccc2)n[nH]c(=O)c1C#N. The smallest absolute Gasteiger partial charge is 0.277 e. The Kier molecular flexibility index (Phi) is 3.18. The first-order valence-corrected chi connectivity index (χ1v) is 5.21. The molecule has 0 saturated heterocycles. The van der Waals surface area contributed by atoms with Crippen LogP contribution in [0.15, 0.2) is 35.1 Å².